The fraction of sp³-hybridized carbons (Fsp3) is 0.800. The van der Waals surface area contributed by atoms with E-state index in [9.17, 15) is 4.79 Å². The summed E-state index contributed by atoms with van der Waals surface area (Å²) in [7, 11) is 0. The van der Waals surface area contributed by atoms with E-state index in [0.717, 1.165) is 6.42 Å². The van der Waals surface area contributed by atoms with Crippen LogP contribution in [0.2, 0.25) is 0 Å². The molecule has 1 N–H and O–H groups in total. The predicted molar refractivity (Wildman–Crippen MR) is 32.8 cm³/mol. The molecule has 0 aliphatic heterocycles. The van der Waals surface area contributed by atoms with Crippen LogP contribution in [-0.2, 0) is 4.79 Å². The molecule has 0 aliphatic rings. The molecule has 3 heteroatoms. The molecule has 1 atom stereocenters. The zero-order valence-electron chi connectivity index (χ0n) is 5.35. The van der Waals surface area contributed by atoms with Crippen LogP contribution in [0.4, 0.5) is 0 Å². The van der Waals surface area contributed by atoms with Crippen LogP contribution in [-0.4, -0.2) is 60.0 Å². The summed E-state index contributed by atoms with van der Waals surface area (Å²) in [5.74, 6) is -0.887. The molecule has 0 fully saturated rings. The topological polar surface area (TPSA) is 37.3 Å². The first-order valence-electron chi connectivity index (χ1n) is 2.41. The minimum absolute atomic E-state index is 0. The molecule has 0 saturated carbocycles. The minimum Gasteiger partial charge on any atom is -0.481 e. The predicted octanol–water partition coefficient (Wildman–Crippen LogP) is 0.736. The fourth-order valence-corrected chi connectivity index (χ4v) is 0.175. The van der Waals surface area contributed by atoms with Crippen LogP contribution < -0.4 is 0 Å². The Morgan fingerprint density at radius 3 is 2.12 bits per heavy atom. The number of hydrogen-bond acceptors (Lipinski definition) is 1. The van der Waals surface area contributed by atoms with E-state index in [2.05, 4.69) is 0 Å². The van der Waals surface area contributed by atoms with Gasteiger partial charge in [0, 0.05) is 48.9 Å². The van der Waals surface area contributed by atoms with E-state index < -0.39 is 5.97 Å². The molecule has 8 heavy (non-hydrogen) atoms. The monoisotopic (exact) mass is 240 g/mol. The normalized spacial score (nSPS) is 11.8. The smallest absolute Gasteiger partial charge is 0.306 e. The zero-order chi connectivity index (χ0) is 5.86. The van der Waals surface area contributed by atoms with Crippen molar-refractivity contribution in [2.24, 2.45) is 5.92 Å². The van der Waals surface area contributed by atoms with Gasteiger partial charge < -0.3 is 5.11 Å². The molecule has 0 heterocycles. The average molecular weight is 239 g/mol. The van der Waals surface area contributed by atoms with Gasteiger partial charge >= 0.3 is 5.97 Å². The maximum absolute atomic E-state index is 9.93. The third kappa shape index (κ3) is 5.18. The van der Waals surface area contributed by atoms with Crippen LogP contribution in [0.3, 0.4) is 0 Å². The third-order valence-corrected chi connectivity index (χ3v) is 1.03. The number of rotatable bonds is 2. The van der Waals surface area contributed by atoms with E-state index in [4.69, 9.17) is 5.11 Å². The van der Waals surface area contributed by atoms with Gasteiger partial charge in [-0.3, -0.25) is 4.79 Å². The minimum atomic E-state index is -0.706. The second-order valence-electron chi connectivity index (χ2n) is 1.65. The van der Waals surface area contributed by atoms with E-state index in [1.165, 1.54) is 0 Å². The zero-order valence-corrected chi connectivity index (χ0v) is 9.79. The van der Waals surface area contributed by atoms with Gasteiger partial charge in [0.1, 0.15) is 0 Å². The summed E-state index contributed by atoms with van der Waals surface area (Å²) in [5.41, 5.74) is 0. The van der Waals surface area contributed by atoms with Gasteiger partial charge in [-0.2, -0.15) is 0 Å². The molecule has 0 aromatic carbocycles. The first-order valence-corrected chi connectivity index (χ1v) is 2.41. The maximum Gasteiger partial charge on any atom is 0.306 e. The van der Waals surface area contributed by atoms with Gasteiger partial charge in [0.05, 0.1) is 5.92 Å². The molecule has 44 valence electrons. The van der Waals surface area contributed by atoms with E-state index >= 15 is 0 Å². The van der Waals surface area contributed by atoms with Crippen LogP contribution in [0.15, 0.2) is 0 Å². The van der Waals surface area contributed by atoms with E-state index in [-0.39, 0.29) is 54.8 Å². The second kappa shape index (κ2) is 6.17. The largest absolute Gasteiger partial charge is 0.481 e. The second-order valence-corrected chi connectivity index (χ2v) is 1.65. The summed E-state index contributed by atoms with van der Waals surface area (Å²) in [6.07, 6.45) is 0.718. The van der Waals surface area contributed by atoms with Crippen molar-refractivity contribution >= 4 is 54.9 Å². The molecule has 0 spiro atoms. The van der Waals surface area contributed by atoms with Gasteiger partial charge in [-0.25, -0.2) is 0 Å². The Morgan fingerprint density at radius 1 is 1.75 bits per heavy atom. The average Bonchev–Trinajstić information content (AvgIpc) is 1.65. The summed E-state index contributed by atoms with van der Waals surface area (Å²) in [6, 6.07) is 0. The molecule has 0 aliphatic carbocycles. The third-order valence-electron chi connectivity index (χ3n) is 1.03. The van der Waals surface area contributed by atoms with Gasteiger partial charge in [0.2, 0.25) is 0 Å². The molecule has 2 radical (unpaired) electrons. The molecule has 0 saturated heterocycles. The number of carboxylic acid groups (broad SMARTS) is 1. The summed E-state index contributed by atoms with van der Waals surface area (Å²) < 4.78 is 0. The summed E-state index contributed by atoms with van der Waals surface area (Å²) in [6.45, 7) is 3.56. The van der Waals surface area contributed by atoms with Crippen molar-refractivity contribution in [2.75, 3.05) is 0 Å². The van der Waals surface area contributed by atoms with Crippen molar-refractivity contribution in [1.29, 1.82) is 0 Å². The number of carbonyl (C=O) groups is 1. The molecule has 2 nitrogen and oxygen atoms in total. The Bertz CT molecular complexity index is 72.8. The quantitative estimate of drug-likeness (QED) is 0.722. The molecule has 0 bridgehead atoms. The van der Waals surface area contributed by atoms with Gasteiger partial charge in [-0.05, 0) is 6.42 Å². The molecule has 1 unspecified atom stereocenters. The van der Waals surface area contributed by atoms with Crippen molar-refractivity contribution in [3.63, 3.8) is 0 Å². The molecule has 0 amide bonds. The Labute approximate surface area is 89.7 Å². The summed E-state index contributed by atoms with van der Waals surface area (Å²) in [5, 5.41) is 8.18. The Balaban J connectivity index is 0. The van der Waals surface area contributed by atoms with Crippen LogP contribution in [0.1, 0.15) is 20.3 Å². The van der Waals surface area contributed by atoms with E-state index in [1.54, 1.807) is 6.92 Å². The number of aliphatic carboxylic acids is 1. The van der Waals surface area contributed by atoms with Gasteiger partial charge in [0.25, 0.3) is 0 Å². The SMILES string of the molecule is CCC(C)C(=O)O.[Ba]. The Hall–Kier alpha value is 1.04. The first-order chi connectivity index (χ1) is 3.18. The summed E-state index contributed by atoms with van der Waals surface area (Å²) in [4.78, 5) is 9.93. The molecule has 0 aromatic heterocycles. The van der Waals surface area contributed by atoms with Crippen LogP contribution in [0, 0.1) is 5.92 Å². The van der Waals surface area contributed by atoms with Gasteiger partial charge in [-0.15, -0.1) is 0 Å². The van der Waals surface area contributed by atoms with Crippen molar-refractivity contribution in [2.45, 2.75) is 20.3 Å². The maximum atomic E-state index is 9.93. The van der Waals surface area contributed by atoms with Crippen LogP contribution >= 0.6 is 0 Å². The van der Waals surface area contributed by atoms with Crippen LogP contribution in [0.25, 0.3) is 0 Å². The number of carboxylic acids is 1. The molecule has 0 aromatic rings. The van der Waals surface area contributed by atoms with Crippen molar-refractivity contribution in [3.05, 3.63) is 0 Å². The molecule has 0 rings (SSSR count). The van der Waals surface area contributed by atoms with Crippen LogP contribution in [0.5, 0.6) is 0 Å². The van der Waals surface area contributed by atoms with Crippen molar-refractivity contribution < 1.29 is 9.90 Å². The van der Waals surface area contributed by atoms with Gasteiger partial charge in [-0.1, -0.05) is 13.8 Å². The fourth-order valence-electron chi connectivity index (χ4n) is 0.175. The Morgan fingerprint density at radius 2 is 2.12 bits per heavy atom. The van der Waals surface area contributed by atoms with E-state index in [1.807, 2.05) is 6.92 Å². The summed E-state index contributed by atoms with van der Waals surface area (Å²) >= 11 is 0. The molecular formula is C5H10BaO2. The van der Waals surface area contributed by atoms with Crippen molar-refractivity contribution in [3.8, 4) is 0 Å². The number of hydrogen-bond donors (Lipinski definition) is 1. The van der Waals surface area contributed by atoms with Crippen molar-refractivity contribution in [1.82, 2.24) is 0 Å². The molecular weight excluding hydrogens is 229 g/mol. The standard InChI is InChI=1S/C5H10O2.Ba/c1-3-4(2)5(6)7;/h4H,3H2,1-2H3,(H,6,7);. The van der Waals surface area contributed by atoms with E-state index in [0.29, 0.717) is 0 Å². The van der Waals surface area contributed by atoms with Gasteiger partial charge in [0.15, 0.2) is 0 Å². The first kappa shape index (κ1) is 11.8. The Kier molecular flexibility index (Phi) is 9.09.